The highest BCUT2D eigenvalue weighted by Crippen LogP contribution is 2.17. The Hall–Kier alpha value is -2.66. The zero-order valence-electron chi connectivity index (χ0n) is 10.5. The molecule has 96 valence electrons. The maximum absolute atomic E-state index is 9.25. The number of hydrogen-bond donors (Lipinski definition) is 0. The molecule has 4 heteroatoms. The largest absolute Gasteiger partial charge is 0.361 e. The minimum Gasteiger partial charge on any atom is -0.361 e. The summed E-state index contributed by atoms with van der Waals surface area (Å²) in [7, 11) is 0. The van der Waals surface area contributed by atoms with Crippen molar-refractivity contribution in [3.8, 4) is 6.07 Å². The van der Waals surface area contributed by atoms with E-state index in [9.17, 15) is 5.26 Å². The summed E-state index contributed by atoms with van der Waals surface area (Å²) in [5.41, 5.74) is 11.3. The summed E-state index contributed by atoms with van der Waals surface area (Å²) in [6.45, 7) is 0. The predicted octanol–water partition coefficient (Wildman–Crippen LogP) is 3.97. The van der Waals surface area contributed by atoms with Gasteiger partial charge in [-0.25, -0.2) is 0 Å². The van der Waals surface area contributed by atoms with Crippen molar-refractivity contribution in [2.45, 2.75) is 0 Å². The van der Waals surface area contributed by atoms with Crippen LogP contribution < -0.4 is 0 Å². The van der Waals surface area contributed by atoms with Crippen LogP contribution in [0.3, 0.4) is 0 Å². The Morgan fingerprint density at radius 3 is 2.25 bits per heavy atom. The van der Waals surface area contributed by atoms with Crippen LogP contribution in [-0.4, -0.2) is 10.5 Å². The molecule has 3 nitrogen and oxygen atoms in total. The quantitative estimate of drug-likeness (QED) is 0.363. The van der Waals surface area contributed by atoms with E-state index in [0.717, 1.165) is 5.56 Å². The Kier molecular flexibility index (Phi) is 4.47. The Balaban J connectivity index is 2.43. The van der Waals surface area contributed by atoms with E-state index in [-0.39, 0.29) is 0 Å². The maximum atomic E-state index is 9.25. The van der Waals surface area contributed by atoms with Gasteiger partial charge in [0.2, 0.25) is 0 Å². The molecule has 0 saturated carbocycles. The van der Waals surface area contributed by atoms with Gasteiger partial charge in [-0.1, -0.05) is 41.9 Å². The van der Waals surface area contributed by atoms with Crippen LogP contribution >= 0.6 is 11.6 Å². The summed E-state index contributed by atoms with van der Waals surface area (Å²) in [6.07, 6.45) is 1.54. The third-order valence-electron chi connectivity index (χ3n) is 2.73. The lowest BCUT2D eigenvalue weighted by molar-refractivity contribution is -0.00209. The van der Waals surface area contributed by atoms with Crippen molar-refractivity contribution in [1.29, 1.82) is 5.26 Å². The number of nitrogens with zero attached hydrogens (tertiary/aromatic N) is 3. The Morgan fingerprint density at radius 2 is 1.70 bits per heavy atom. The number of allylic oxidation sites excluding steroid dienone is 2. The summed E-state index contributed by atoms with van der Waals surface area (Å²) in [5, 5.41) is 9.85. The molecule has 0 spiro atoms. The van der Waals surface area contributed by atoms with Gasteiger partial charge >= 0.3 is 5.71 Å². The molecule has 0 heterocycles. The first-order chi connectivity index (χ1) is 9.74. The molecule has 0 bridgehead atoms. The van der Waals surface area contributed by atoms with Crippen molar-refractivity contribution in [3.63, 3.8) is 0 Å². The lowest BCUT2D eigenvalue weighted by atomic mass is 10.0. The molecule has 20 heavy (non-hydrogen) atoms. The molecule has 0 aliphatic heterocycles. The molecule has 2 aromatic carbocycles. The molecular formula is C16H10ClN3. The zero-order valence-corrected chi connectivity index (χ0v) is 11.2. The highest BCUT2D eigenvalue weighted by molar-refractivity contribution is 6.30. The van der Waals surface area contributed by atoms with E-state index in [1.165, 1.54) is 0 Å². The van der Waals surface area contributed by atoms with Crippen LogP contribution in [0, 0.1) is 11.3 Å². The van der Waals surface area contributed by atoms with Gasteiger partial charge in [-0.15, -0.1) is 0 Å². The molecule has 0 atom stereocenters. The summed E-state index contributed by atoms with van der Waals surface area (Å²) >= 11 is 5.82. The minimum absolute atomic E-state index is 0.331. The first-order valence-electron chi connectivity index (χ1n) is 5.90. The van der Waals surface area contributed by atoms with Crippen LogP contribution in [0.15, 0.2) is 60.7 Å². The Morgan fingerprint density at radius 1 is 1.05 bits per heavy atom. The van der Waals surface area contributed by atoms with E-state index in [0.29, 0.717) is 21.9 Å². The highest BCUT2D eigenvalue weighted by Gasteiger charge is 2.11. The molecule has 2 aromatic rings. The van der Waals surface area contributed by atoms with E-state index >= 15 is 0 Å². The SMILES string of the molecule is N#C/C(=C\C(=[N+]=[N-])c1ccccc1)c1ccc(Cl)cc1. The molecule has 0 aliphatic carbocycles. The third kappa shape index (κ3) is 3.21. The molecule has 2 rings (SSSR count). The zero-order chi connectivity index (χ0) is 14.4. The molecule has 0 aromatic heterocycles. The van der Waals surface area contributed by atoms with Gasteiger partial charge in [0.1, 0.15) is 6.07 Å². The summed E-state index contributed by atoms with van der Waals surface area (Å²) < 4.78 is 0. The highest BCUT2D eigenvalue weighted by atomic mass is 35.5. The van der Waals surface area contributed by atoms with Crippen LogP contribution in [0.25, 0.3) is 11.1 Å². The second kappa shape index (κ2) is 6.49. The van der Waals surface area contributed by atoms with E-state index in [2.05, 4.69) is 10.9 Å². The fourth-order valence-electron chi connectivity index (χ4n) is 1.73. The summed E-state index contributed by atoms with van der Waals surface area (Å²) in [4.78, 5) is 3.25. The van der Waals surface area contributed by atoms with Crippen molar-refractivity contribution in [1.82, 2.24) is 0 Å². The van der Waals surface area contributed by atoms with Gasteiger partial charge in [-0.05, 0) is 29.8 Å². The van der Waals surface area contributed by atoms with E-state index in [1.54, 1.807) is 30.3 Å². The molecule has 0 fully saturated rings. The van der Waals surface area contributed by atoms with E-state index in [1.807, 2.05) is 30.3 Å². The van der Waals surface area contributed by atoms with Gasteiger partial charge in [0.25, 0.3) is 0 Å². The van der Waals surface area contributed by atoms with Gasteiger partial charge in [-0.3, -0.25) is 0 Å². The maximum Gasteiger partial charge on any atom is 0.323 e. The molecule has 0 N–H and O–H groups in total. The van der Waals surface area contributed by atoms with Gasteiger partial charge in [0.05, 0.1) is 11.1 Å². The molecule has 0 aliphatic rings. The van der Waals surface area contributed by atoms with Gasteiger partial charge in [0.15, 0.2) is 0 Å². The number of hydrogen-bond acceptors (Lipinski definition) is 1. The van der Waals surface area contributed by atoms with Crippen molar-refractivity contribution in [2.75, 3.05) is 0 Å². The predicted molar refractivity (Wildman–Crippen MR) is 79.2 cm³/mol. The molecule has 0 saturated heterocycles. The Labute approximate surface area is 122 Å². The topological polar surface area (TPSA) is 60.2 Å². The van der Waals surface area contributed by atoms with Crippen molar-refractivity contribution < 1.29 is 4.79 Å². The van der Waals surface area contributed by atoms with Crippen molar-refractivity contribution in [2.24, 2.45) is 0 Å². The summed E-state index contributed by atoms with van der Waals surface area (Å²) in [6, 6.07) is 18.2. The van der Waals surface area contributed by atoms with Crippen LogP contribution in [0.2, 0.25) is 5.02 Å². The fraction of sp³-hybridized carbons (Fsp3) is 0. The van der Waals surface area contributed by atoms with Crippen LogP contribution in [0.5, 0.6) is 0 Å². The second-order valence-corrected chi connectivity index (χ2v) is 4.46. The van der Waals surface area contributed by atoms with Gasteiger partial charge < -0.3 is 5.53 Å². The van der Waals surface area contributed by atoms with Crippen LogP contribution in [0.4, 0.5) is 0 Å². The molecule has 0 amide bonds. The van der Waals surface area contributed by atoms with Gasteiger partial charge in [0, 0.05) is 11.1 Å². The fourth-order valence-corrected chi connectivity index (χ4v) is 1.85. The lowest BCUT2D eigenvalue weighted by Gasteiger charge is -1.98. The summed E-state index contributed by atoms with van der Waals surface area (Å²) in [5.74, 6) is 0. The Bertz CT molecular complexity index is 719. The average molecular weight is 280 g/mol. The third-order valence-corrected chi connectivity index (χ3v) is 2.99. The van der Waals surface area contributed by atoms with Crippen LogP contribution in [-0.2, 0) is 0 Å². The minimum atomic E-state index is 0.331. The first kappa shape index (κ1) is 13.8. The monoisotopic (exact) mass is 279 g/mol. The number of rotatable bonds is 3. The number of nitriles is 1. The smallest absolute Gasteiger partial charge is 0.323 e. The van der Waals surface area contributed by atoms with Gasteiger partial charge in [-0.2, -0.15) is 10.1 Å². The molecule has 0 unspecified atom stereocenters. The lowest BCUT2D eigenvalue weighted by Crippen LogP contribution is -1.99. The normalized spacial score (nSPS) is 10.5. The van der Waals surface area contributed by atoms with E-state index < -0.39 is 0 Å². The second-order valence-electron chi connectivity index (χ2n) is 4.03. The average Bonchev–Trinajstić information content (AvgIpc) is 2.51. The molecule has 0 radical (unpaired) electrons. The van der Waals surface area contributed by atoms with Crippen molar-refractivity contribution >= 4 is 22.9 Å². The van der Waals surface area contributed by atoms with Crippen molar-refractivity contribution in [3.05, 3.63) is 82.4 Å². The van der Waals surface area contributed by atoms with E-state index in [4.69, 9.17) is 17.1 Å². The molecular weight excluding hydrogens is 270 g/mol. The first-order valence-corrected chi connectivity index (χ1v) is 6.27. The number of halogens is 1. The number of benzene rings is 2. The van der Waals surface area contributed by atoms with Crippen LogP contribution in [0.1, 0.15) is 11.1 Å². The standard InChI is InChI=1S/C16H10ClN3/c17-15-8-6-12(7-9-15)14(11-18)10-16(20-19)13-4-2-1-3-5-13/h1-10H/b14-10+.